The quantitative estimate of drug-likeness (QED) is 0.347. The highest BCUT2D eigenvalue weighted by Crippen LogP contribution is 2.15. The lowest BCUT2D eigenvalue weighted by atomic mass is 10.6. The summed E-state index contributed by atoms with van der Waals surface area (Å²) in [5.74, 6) is 5.87. The van der Waals surface area contributed by atoms with Gasteiger partial charge in [0.2, 0.25) is 11.9 Å². The molecule has 0 saturated carbocycles. The second kappa shape index (κ2) is 6.77. The molecule has 2 heterocycles. The third-order valence-corrected chi connectivity index (χ3v) is 2.91. The SMILES string of the molecule is CCNC(=O)CSc1nc(NN)nc(-n2cncn2)n1. The molecule has 106 valence electrons. The molecule has 20 heavy (non-hydrogen) atoms. The molecule has 0 saturated heterocycles. The summed E-state index contributed by atoms with van der Waals surface area (Å²) in [6.07, 6.45) is 2.81. The first-order chi connectivity index (χ1) is 9.72. The minimum absolute atomic E-state index is 0.0949. The summed E-state index contributed by atoms with van der Waals surface area (Å²) >= 11 is 1.18. The number of amides is 1. The molecule has 4 N–H and O–H groups in total. The summed E-state index contributed by atoms with van der Waals surface area (Å²) in [6.45, 7) is 2.43. The molecule has 0 aliphatic rings. The maximum absolute atomic E-state index is 11.4. The van der Waals surface area contributed by atoms with Crippen molar-refractivity contribution >= 4 is 23.6 Å². The van der Waals surface area contributed by atoms with E-state index in [0.29, 0.717) is 11.7 Å². The Kier molecular flexibility index (Phi) is 4.79. The number of anilines is 1. The van der Waals surface area contributed by atoms with Crippen LogP contribution in [0, 0.1) is 0 Å². The molecule has 0 unspecified atom stereocenters. The minimum Gasteiger partial charge on any atom is -0.356 e. The van der Waals surface area contributed by atoms with E-state index in [1.54, 1.807) is 0 Å². The Labute approximate surface area is 118 Å². The van der Waals surface area contributed by atoms with Gasteiger partial charge in [-0.05, 0) is 6.92 Å². The van der Waals surface area contributed by atoms with Crippen molar-refractivity contribution in [1.82, 2.24) is 35.0 Å². The molecule has 0 spiro atoms. The number of nitrogens with two attached hydrogens (primary N) is 1. The fraction of sp³-hybridized carbons (Fsp3) is 0.333. The summed E-state index contributed by atoms with van der Waals surface area (Å²) in [6, 6.07) is 0. The van der Waals surface area contributed by atoms with Crippen LogP contribution in [0.3, 0.4) is 0 Å². The molecule has 1 amide bonds. The molecule has 10 nitrogen and oxygen atoms in total. The second-order valence-corrected chi connectivity index (χ2v) is 4.41. The Morgan fingerprint density at radius 1 is 1.45 bits per heavy atom. The lowest BCUT2D eigenvalue weighted by Crippen LogP contribution is -2.24. The lowest BCUT2D eigenvalue weighted by molar-refractivity contribution is -0.118. The van der Waals surface area contributed by atoms with E-state index in [1.165, 1.54) is 29.1 Å². The smallest absolute Gasteiger partial charge is 0.257 e. The van der Waals surface area contributed by atoms with Crippen LogP contribution in [0.1, 0.15) is 6.92 Å². The highest BCUT2D eigenvalue weighted by atomic mass is 32.2. The summed E-state index contributed by atoms with van der Waals surface area (Å²) in [5, 5.41) is 6.98. The molecule has 2 aromatic heterocycles. The van der Waals surface area contributed by atoms with E-state index < -0.39 is 0 Å². The molecule has 0 radical (unpaired) electrons. The Hall–Kier alpha value is -2.27. The Morgan fingerprint density at radius 2 is 2.30 bits per heavy atom. The summed E-state index contributed by atoms with van der Waals surface area (Å²) < 4.78 is 1.37. The van der Waals surface area contributed by atoms with Gasteiger partial charge in [0.25, 0.3) is 5.95 Å². The highest BCUT2D eigenvalue weighted by Gasteiger charge is 2.10. The van der Waals surface area contributed by atoms with Crippen LogP contribution in [0.4, 0.5) is 5.95 Å². The number of nitrogens with zero attached hydrogens (tertiary/aromatic N) is 6. The molecule has 2 rings (SSSR count). The maximum atomic E-state index is 11.4. The predicted octanol–water partition coefficient (Wildman–Crippen LogP) is -1.03. The molecule has 0 aliphatic heterocycles. The zero-order valence-electron chi connectivity index (χ0n) is 10.6. The van der Waals surface area contributed by atoms with Crippen LogP contribution in [0.2, 0.25) is 0 Å². The van der Waals surface area contributed by atoms with E-state index in [2.05, 4.69) is 35.8 Å². The van der Waals surface area contributed by atoms with E-state index in [0.717, 1.165) is 0 Å². The standard InChI is InChI=1S/C9H13N9OS/c1-2-12-6(19)3-20-9-15-7(17-10)14-8(16-9)18-5-11-4-13-18/h4-5H,2-3,10H2,1H3,(H,12,19)(H,14,15,16,17). The van der Waals surface area contributed by atoms with Gasteiger partial charge in [-0.25, -0.2) is 10.8 Å². The molecule has 0 atom stereocenters. The molecule has 11 heteroatoms. The van der Waals surface area contributed by atoms with Crippen LogP contribution in [0.5, 0.6) is 0 Å². The third-order valence-electron chi connectivity index (χ3n) is 2.06. The molecule has 2 aromatic rings. The molecule has 0 aliphatic carbocycles. The zero-order chi connectivity index (χ0) is 14.4. The van der Waals surface area contributed by atoms with Gasteiger partial charge >= 0.3 is 0 Å². The average Bonchev–Trinajstić information content (AvgIpc) is 2.99. The van der Waals surface area contributed by atoms with Crippen molar-refractivity contribution in [2.24, 2.45) is 5.84 Å². The number of thioether (sulfide) groups is 1. The van der Waals surface area contributed by atoms with Gasteiger partial charge in [-0.15, -0.1) is 0 Å². The van der Waals surface area contributed by atoms with Gasteiger partial charge in [-0.3, -0.25) is 10.2 Å². The number of hydrazine groups is 1. The zero-order valence-corrected chi connectivity index (χ0v) is 11.5. The van der Waals surface area contributed by atoms with Crippen molar-refractivity contribution in [3.05, 3.63) is 12.7 Å². The number of carbonyl (C=O) groups is 1. The largest absolute Gasteiger partial charge is 0.356 e. The van der Waals surface area contributed by atoms with Crippen LogP contribution < -0.4 is 16.6 Å². The summed E-state index contributed by atoms with van der Waals surface area (Å²) in [7, 11) is 0. The first-order valence-corrected chi connectivity index (χ1v) is 6.68. The van der Waals surface area contributed by atoms with E-state index in [9.17, 15) is 4.79 Å². The fourth-order valence-corrected chi connectivity index (χ4v) is 1.93. The van der Waals surface area contributed by atoms with E-state index in [4.69, 9.17) is 5.84 Å². The second-order valence-electron chi connectivity index (χ2n) is 3.47. The average molecular weight is 295 g/mol. The maximum Gasteiger partial charge on any atom is 0.257 e. The van der Waals surface area contributed by atoms with E-state index >= 15 is 0 Å². The number of rotatable bonds is 6. The minimum atomic E-state index is -0.0949. The molecular formula is C9H13N9OS. The van der Waals surface area contributed by atoms with Gasteiger partial charge < -0.3 is 5.32 Å². The molecule has 0 bridgehead atoms. The van der Waals surface area contributed by atoms with Gasteiger partial charge in [0.05, 0.1) is 5.75 Å². The van der Waals surface area contributed by atoms with Gasteiger partial charge in [0.15, 0.2) is 5.16 Å². The fourth-order valence-electron chi connectivity index (χ4n) is 1.27. The topological polar surface area (TPSA) is 137 Å². The van der Waals surface area contributed by atoms with E-state index in [1.807, 2.05) is 6.92 Å². The Morgan fingerprint density at radius 3 is 2.95 bits per heavy atom. The van der Waals surface area contributed by atoms with Gasteiger partial charge in [-0.2, -0.15) is 24.7 Å². The third kappa shape index (κ3) is 3.61. The van der Waals surface area contributed by atoms with Crippen molar-refractivity contribution in [3.8, 4) is 5.95 Å². The number of hydrogen-bond donors (Lipinski definition) is 3. The van der Waals surface area contributed by atoms with Gasteiger partial charge in [0, 0.05) is 6.54 Å². The van der Waals surface area contributed by atoms with Crippen LogP contribution in [-0.4, -0.2) is 47.9 Å². The van der Waals surface area contributed by atoms with Crippen LogP contribution in [0.25, 0.3) is 5.95 Å². The first kappa shape index (κ1) is 14.1. The van der Waals surface area contributed by atoms with Crippen molar-refractivity contribution in [2.45, 2.75) is 12.1 Å². The van der Waals surface area contributed by atoms with Crippen LogP contribution >= 0.6 is 11.8 Å². The Balaban J connectivity index is 2.16. The molecular weight excluding hydrogens is 282 g/mol. The number of aromatic nitrogens is 6. The number of nitrogens with one attached hydrogen (secondary N) is 2. The molecule has 0 fully saturated rings. The van der Waals surface area contributed by atoms with Crippen molar-refractivity contribution in [2.75, 3.05) is 17.7 Å². The van der Waals surface area contributed by atoms with Crippen molar-refractivity contribution in [1.29, 1.82) is 0 Å². The number of carbonyl (C=O) groups excluding carboxylic acids is 1. The van der Waals surface area contributed by atoms with Gasteiger partial charge in [-0.1, -0.05) is 11.8 Å². The first-order valence-electron chi connectivity index (χ1n) is 5.70. The van der Waals surface area contributed by atoms with Crippen LogP contribution in [0.15, 0.2) is 17.8 Å². The number of hydrogen-bond acceptors (Lipinski definition) is 9. The summed E-state index contributed by atoms with van der Waals surface area (Å²) in [4.78, 5) is 27.5. The normalized spacial score (nSPS) is 10.3. The lowest BCUT2D eigenvalue weighted by Gasteiger charge is -2.05. The Bertz CT molecular complexity index is 573. The monoisotopic (exact) mass is 295 g/mol. The molecule has 0 aromatic carbocycles. The van der Waals surface area contributed by atoms with Gasteiger partial charge in [0.1, 0.15) is 12.7 Å². The van der Waals surface area contributed by atoms with Crippen molar-refractivity contribution in [3.63, 3.8) is 0 Å². The summed E-state index contributed by atoms with van der Waals surface area (Å²) in [5.41, 5.74) is 2.34. The highest BCUT2D eigenvalue weighted by molar-refractivity contribution is 7.99. The van der Waals surface area contributed by atoms with E-state index in [-0.39, 0.29) is 23.6 Å². The van der Waals surface area contributed by atoms with Crippen LogP contribution in [-0.2, 0) is 4.79 Å². The predicted molar refractivity (Wildman–Crippen MR) is 72.0 cm³/mol. The van der Waals surface area contributed by atoms with Crippen molar-refractivity contribution < 1.29 is 4.79 Å². The number of nitrogen functional groups attached to an aromatic ring is 1.